The van der Waals surface area contributed by atoms with E-state index in [-0.39, 0.29) is 5.91 Å². The van der Waals surface area contributed by atoms with Crippen molar-refractivity contribution in [3.8, 4) is 0 Å². The number of piperazine rings is 1. The van der Waals surface area contributed by atoms with Gasteiger partial charge in [0.2, 0.25) is 5.91 Å². The molecule has 2 aromatic carbocycles. The van der Waals surface area contributed by atoms with E-state index in [2.05, 4.69) is 17.0 Å². The molecule has 0 saturated carbocycles. The Labute approximate surface area is 160 Å². The summed E-state index contributed by atoms with van der Waals surface area (Å²) < 4.78 is 0. The second-order valence-corrected chi connectivity index (χ2v) is 7.00. The smallest absolute Gasteiger partial charge is 0.335 e. The number of hydrogen-bond acceptors (Lipinski definition) is 3. The maximum Gasteiger partial charge on any atom is 0.335 e. The number of nitrogens with zero attached hydrogens (tertiary/aromatic N) is 2. The number of amides is 1. The molecule has 1 heterocycles. The van der Waals surface area contributed by atoms with Gasteiger partial charge in [-0.25, -0.2) is 4.79 Å². The molecule has 0 radical (unpaired) electrons. The lowest BCUT2D eigenvalue weighted by atomic mass is 10.1. The highest BCUT2D eigenvalue weighted by Crippen LogP contribution is 2.13. The lowest BCUT2D eigenvalue weighted by Crippen LogP contribution is -2.48. The van der Waals surface area contributed by atoms with E-state index in [4.69, 9.17) is 5.11 Å². The minimum atomic E-state index is -0.900. The number of hydrogen-bond donors (Lipinski definition) is 1. The molecule has 0 aliphatic carbocycles. The summed E-state index contributed by atoms with van der Waals surface area (Å²) in [5.74, 6) is -0.666. The van der Waals surface area contributed by atoms with Crippen LogP contribution >= 0.6 is 0 Å². The Morgan fingerprint density at radius 3 is 2.30 bits per heavy atom. The molecule has 0 aromatic heterocycles. The van der Waals surface area contributed by atoms with Crippen molar-refractivity contribution in [2.24, 2.45) is 0 Å². The number of aryl methyl sites for hydroxylation is 1. The van der Waals surface area contributed by atoms with Gasteiger partial charge >= 0.3 is 5.97 Å². The maximum atomic E-state index is 12.4. The van der Waals surface area contributed by atoms with Gasteiger partial charge in [0.25, 0.3) is 0 Å². The fourth-order valence-corrected chi connectivity index (χ4v) is 3.46. The first-order valence-electron chi connectivity index (χ1n) is 9.48. The first-order chi connectivity index (χ1) is 13.1. The van der Waals surface area contributed by atoms with Crippen LogP contribution in [0.5, 0.6) is 0 Å². The molecule has 1 fully saturated rings. The Balaban J connectivity index is 1.41. The van der Waals surface area contributed by atoms with E-state index in [1.165, 1.54) is 5.56 Å². The molecule has 142 valence electrons. The molecule has 0 bridgehead atoms. The summed E-state index contributed by atoms with van der Waals surface area (Å²) in [4.78, 5) is 27.7. The van der Waals surface area contributed by atoms with Crippen molar-refractivity contribution < 1.29 is 14.7 Å². The van der Waals surface area contributed by atoms with Crippen LogP contribution in [0.4, 0.5) is 0 Å². The van der Waals surface area contributed by atoms with Crippen LogP contribution < -0.4 is 0 Å². The molecule has 0 spiro atoms. The maximum absolute atomic E-state index is 12.4. The van der Waals surface area contributed by atoms with E-state index >= 15 is 0 Å². The fourth-order valence-electron chi connectivity index (χ4n) is 3.46. The van der Waals surface area contributed by atoms with Crippen LogP contribution in [0, 0.1) is 0 Å². The minimum absolute atomic E-state index is 0.235. The third-order valence-electron chi connectivity index (χ3n) is 5.00. The second-order valence-electron chi connectivity index (χ2n) is 7.00. The van der Waals surface area contributed by atoms with E-state index in [1.807, 2.05) is 29.2 Å². The first-order valence-corrected chi connectivity index (χ1v) is 9.48. The van der Waals surface area contributed by atoms with Crippen molar-refractivity contribution in [3.63, 3.8) is 0 Å². The standard InChI is InChI=1S/C22H26N2O3/c25-21(11-5-8-18-6-2-1-3-7-18)24-14-12-23(13-15-24)17-19-9-4-10-20(16-19)22(26)27/h1-4,6-7,9-10,16H,5,8,11-15,17H2,(H,26,27). The van der Waals surface area contributed by atoms with Crippen LogP contribution in [0.15, 0.2) is 54.6 Å². The normalized spacial score (nSPS) is 14.9. The van der Waals surface area contributed by atoms with E-state index in [9.17, 15) is 9.59 Å². The lowest BCUT2D eigenvalue weighted by molar-refractivity contribution is -0.133. The molecule has 1 aliphatic heterocycles. The average molecular weight is 366 g/mol. The van der Waals surface area contributed by atoms with Gasteiger partial charge in [-0.15, -0.1) is 0 Å². The second kappa shape index (κ2) is 9.33. The molecular weight excluding hydrogens is 340 g/mol. The van der Waals surface area contributed by atoms with E-state index in [1.54, 1.807) is 18.2 Å². The van der Waals surface area contributed by atoms with Crippen molar-refractivity contribution >= 4 is 11.9 Å². The highest BCUT2D eigenvalue weighted by Gasteiger charge is 2.21. The van der Waals surface area contributed by atoms with Crippen LogP contribution in [0.2, 0.25) is 0 Å². The topological polar surface area (TPSA) is 60.9 Å². The summed E-state index contributed by atoms with van der Waals surface area (Å²) in [6.07, 6.45) is 2.41. The van der Waals surface area contributed by atoms with Gasteiger partial charge in [-0.3, -0.25) is 9.69 Å². The van der Waals surface area contributed by atoms with Gasteiger partial charge in [0.1, 0.15) is 0 Å². The molecule has 0 unspecified atom stereocenters. The van der Waals surface area contributed by atoms with Crippen LogP contribution in [0.3, 0.4) is 0 Å². The largest absolute Gasteiger partial charge is 0.478 e. The summed E-state index contributed by atoms with van der Waals surface area (Å²) in [5.41, 5.74) is 2.59. The Hall–Kier alpha value is -2.66. The minimum Gasteiger partial charge on any atom is -0.478 e. The summed E-state index contributed by atoms with van der Waals surface area (Å²) in [6, 6.07) is 17.3. The van der Waals surface area contributed by atoms with Crippen molar-refractivity contribution in [2.75, 3.05) is 26.2 Å². The monoisotopic (exact) mass is 366 g/mol. The number of carbonyl (C=O) groups is 2. The Bertz CT molecular complexity index is 768. The molecule has 27 heavy (non-hydrogen) atoms. The zero-order chi connectivity index (χ0) is 19.1. The average Bonchev–Trinajstić information content (AvgIpc) is 2.69. The van der Waals surface area contributed by atoms with Crippen molar-refractivity contribution in [3.05, 3.63) is 71.3 Å². The van der Waals surface area contributed by atoms with Crippen LogP contribution in [0.1, 0.15) is 34.3 Å². The lowest BCUT2D eigenvalue weighted by Gasteiger charge is -2.35. The number of carboxylic acid groups (broad SMARTS) is 1. The Morgan fingerprint density at radius 1 is 0.889 bits per heavy atom. The Morgan fingerprint density at radius 2 is 1.59 bits per heavy atom. The van der Waals surface area contributed by atoms with Crippen LogP contribution in [-0.4, -0.2) is 53.0 Å². The molecule has 3 rings (SSSR count). The van der Waals surface area contributed by atoms with Crippen molar-refractivity contribution in [2.45, 2.75) is 25.8 Å². The summed E-state index contributed by atoms with van der Waals surface area (Å²) in [7, 11) is 0. The summed E-state index contributed by atoms with van der Waals surface area (Å²) in [5, 5.41) is 9.10. The zero-order valence-corrected chi connectivity index (χ0v) is 15.5. The van der Waals surface area contributed by atoms with Crippen molar-refractivity contribution in [1.29, 1.82) is 0 Å². The van der Waals surface area contributed by atoms with Crippen LogP contribution in [-0.2, 0) is 17.8 Å². The molecule has 5 nitrogen and oxygen atoms in total. The zero-order valence-electron chi connectivity index (χ0n) is 15.5. The highest BCUT2D eigenvalue weighted by atomic mass is 16.4. The highest BCUT2D eigenvalue weighted by molar-refractivity contribution is 5.87. The van der Waals surface area contributed by atoms with E-state index in [0.717, 1.165) is 51.1 Å². The van der Waals surface area contributed by atoms with Gasteiger partial charge in [0.05, 0.1) is 5.56 Å². The predicted octanol–water partition coefficient (Wildman–Crippen LogP) is 3.05. The van der Waals surface area contributed by atoms with E-state index < -0.39 is 5.97 Å². The van der Waals surface area contributed by atoms with E-state index in [0.29, 0.717) is 12.0 Å². The van der Waals surface area contributed by atoms with Crippen molar-refractivity contribution in [1.82, 2.24) is 9.80 Å². The SMILES string of the molecule is O=C(O)c1cccc(CN2CCN(C(=O)CCCc3ccccc3)CC2)c1. The number of benzene rings is 2. The van der Waals surface area contributed by atoms with Gasteiger partial charge in [-0.2, -0.15) is 0 Å². The molecule has 1 amide bonds. The van der Waals surface area contributed by atoms with Gasteiger partial charge < -0.3 is 10.0 Å². The third kappa shape index (κ3) is 5.66. The van der Waals surface area contributed by atoms with Gasteiger partial charge in [0.15, 0.2) is 0 Å². The first kappa shape index (κ1) is 19.1. The number of carbonyl (C=O) groups excluding carboxylic acids is 1. The molecule has 1 N–H and O–H groups in total. The van der Waals surface area contributed by atoms with Gasteiger partial charge in [-0.1, -0.05) is 42.5 Å². The number of aromatic carboxylic acids is 1. The fraction of sp³-hybridized carbons (Fsp3) is 0.364. The molecule has 2 aromatic rings. The predicted molar refractivity (Wildman–Crippen MR) is 105 cm³/mol. The molecule has 1 saturated heterocycles. The van der Waals surface area contributed by atoms with Gasteiger partial charge in [0, 0.05) is 39.1 Å². The number of carboxylic acids is 1. The number of rotatable bonds is 7. The molecular formula is C22H26N2O3. The van der Waals surface area contributed by atoms with Crippen LogP contribution in [0.25, 0.3) is 0 Å². The third-order valence-corrected chi connectivity index (χ3v) is 5.00. The summed E-state index contributed by atoms with van der Waals surface area (Å²) in [6.45, 7) is 3.84. The Kier molecular flexibility index (Phi) is 6.60. The summed E-state index contributed by atoms with van der Waals surface area (Å²) >= 11 is 0. The quantitative estimate of drug-likeness (QED) is 0.818. The van der Waals surface area contributed by atoms with Gasteiger partial charge in [-0.05, 0) is 36.1 Å². The molecule has 5 heteroatoms. The molecule has 0 atom stereocenters. The molecule has 1 aliphatic rings.